The summed E-state index contributed by atoms with van der Waals surface area (Å²) in [5.74, 6) is -1.77. The largest absolute Gasteiger partial charge is 0.345 e. The molecule has 1 aromatic heterocycles. The van der Waals surface area contributed by atoms with E-state index in [1.54, 1.807) is 6.92 Å². The minimum Gasteiger partial charge on any atom is -0.345 e. The molecule has 0 fully saturated rings. The Morgan fingerprint density at radius 1 is 1.30 bits per heavy atom. The highest BCUT2D eigenvalue weighted by atomic mass is 35.5. The maximum absolute atomic E-state index is 13.6. The van der Waals surface area contributed by atoms with Gasteiger partial charge in [-0.05, 0) is 25.1 Å². The van der Waals surface area contributed by atoms with E-state index in [0.717, 1.165) is 12.1 Å². The number of hydrogen-bond donors (Lipinski definition) is 1. The van der Waals surface area contributed by atoms with Crippen molar-refractivity contribution in [1.29, 1.82) is 0 Å². The average Bonchev–Trinajstić information content (AvgIpc) is 2.39. The van der Waals surface area contributed by atoms with Crippen molar-refractivity contribution in [2.45, 2.75) is 13.0 Å². The van der Waals surface area contributed by atoms with Gasteiger partial charge in [-0.1, -0.05) is 17.7 Å². The standard InChI is InChI=1S/C14H11ClF2N2O/c1-8(11-4-3-10(16)6-12(11)17)19-14(20)9-2-5-13(15)18-7-9/h2-8H,1H3,(H,19,20)/t8-/m1/s1. The highest BCUT2D eigenvalue weighted by Crippen LogP contribution is 2.18. The molecule has 0 bridgehead atoms. The van der Waals surface area contributed by atoms with Gasteiger partial charge < -0.3 is 5.32 Å². The molecule has 0 radical (unpaired) electrons. The van der Waals surface area contributed by atoms with Crippen LogP contribution in [0.4, 0.5) is 8.78 Å². The third-order valence-electron chi connectivity index (χ3n) is 2.77. The number of pyridine rings is 1. The summed E-state index contributed by atoms with van der Waals surface area (Å²) in [5.41, 5.74) is 0.519. The minimum absolute atomic E-state index is 0.210. The van der Waals surface area contributed by atoms with Crippen molar-refractivity contribution in [3.8, 4) is 0 Å². The molecular formula is C14H11ClF2N2O. The number of carbonyl (C=O) groups is 1. The van der Waals surface area contributed by atoms with Crippen LogP contribution in [-0.4, -0.2) is 10.9 Å². The lowest BCUT2D eigenvalue weighted by Crippen LogP contribution is -2.27. The van der Waals surface area contributed by atoms with Crippen LogP contribution in [-0.2, 0) is 0 Å². The van der Waals surface area contributed by atoms with Crippen molar-refractivity contribution in [3.05, 3.63) is 64.4 Å². The maximum atomic E-state index is 13.6. The van der Waals surface area contributed by atoms with Crippen LogP contribution in [0.1, 0.15) is 28.9 Å². The Balaban J connectivity index is 2.12. The van der Waals surface area contributed by atoms with Crippen LogP contribution in [0.25, 0.3) is 0 Å². The van der Waals surface area contributed by atoms with Crippen LogP contribution in [0.5, 0.6) is 0 Å². The van der Waals surface area contributed by atoms with Crippen LogP contribution in [0.3, 0.4) is 0 Å². The van der Waals surface area contributed by atoms with E-state index < -0.39 is 23.6 Å². The first-order valence-corrected chi connectivity index (χ1v) is 6.22. The van der Waals surface area contributed by atoms with Gasteiger partial charge >= 0.3 is 0 Å². The van der Waals surface area contributed by atoms with Gasteiger partial charge in [0.1, 0.15) is 16.8 Å². The summed E-state index contributed by atoms with van der Waals surface area (Å²) in [6.45, 7) is 1.61. The summed E-state index contributed by atoms with van der Waals surface area (Å²) in [6.07, 6.45) is 1.32. The van der Waals surface area contributed by atoms with E-state index in [-0.39, 0.29) is 10.7 Å². The molecule has 0 saturated carbocycles. The van der Waals surface area contributed by atoms with Crippen LogP contribution < -0.4 is 5.32 Å². The molecule has 0 unspecified atom stereocenters. The van der Waals surface area contributed by atoms with Crippen molar-refractivity contribution in [1.82, 2.24) is 10.3 Å². The zero-order valence-corrected chi connectivity index (χ0v) is 11.3. The molecule has 20 heavy (non-hydrogen) atoms. The normalized spacial score (nSPS) is 12.0. The summed E-state index contributed by atoms with van der Waals surface area (Å²) < 4.78 is 26.4. The molecule has 1 heterocycles. The fraction of sp³-hybridized carbons (Fsp3) is 0.143. The fourth-order valence-electron chi connectivity index (χ4n) is 1.72. The number of amides is 1. The molecule has 6 heteroatoms. The van der Waals surface area contributed by atoms with Gasteiger partial charge in [-0.3, -0.25) is 4.79 Å². The third kappa shape index (κ3) is 3.30. The summed E-state index contributed by atoms with van der Waals surface area (Å²) in [7, 11) is 0. The molecular weight excluding hydrogens is 286 g/mol. The molecule has 0 aliphatic rings. The van der Waals surface area contributed by atoms with Crippen molar-refractivity contribution in [2.75, 3.05) is 0 Å². The maximum Gasteiger partial charge on any atom is 0.253 e. The van der Waals surface area contributed by atoms with Gasteiger partial charge in [0, 0.05) is 17.8 Å². The van der Waals surface area contributed by atoms with E-state index in [1.807, 2.05) is 0 Å². The summed E-state index contributed by atoms with van der Waals surface area (Å²) in [5, 5.41) is 2.88. The molecule has 104 valence electrons. The average molecular weight is 297 g/mol. The predicted molar refractivity (Wildman–Crippen MR) is 71.5 cm³/mol. The Morgan fingerprint density at radius 2 is 2.05 bits per heavy atom. The summed E-state index contributed by atoms with van der Waals surface area (Å²) in [4.78, 5) is 15.7. The second-order valence-corrected chi connectivity index (χ2v) is 4.62. The molecule has 0 aliphatic heterocycles. The van der Waals surface area contributed by atoms with E-state index in [9.17, 15) is 13.6 Å². The number of nitrogens with one attached hydrogen (secondary N) is 1. The first kappa shape index (κ1) is 14.4. The highest BCUT2D eigenvalue weighted by molar-refractivity contribution is 6.29. The fourth-order valence-corrected chi connectivity index (χ4v) is 1.83. The third-order valence-corrected chi connectivity index (χ3v) is 2.99. The molecule has 2 rings (SSSR count). The van der Waals surface area contributed by atoms with Gasteiger partial charge in [-0.25, -0.2) is 13.8 Å². The molecule has 2 aromatic rings. The Morgan fingerprint density at radius 3 is 2.65 bits per heavy atom. The van der Waals surface area contributed by atoms with Crippen molar-refractivity contribution < 1.29 is 13.6 Å². The Labute approximate surface area is 119 Å². The Hall–Kier alpha value is -2.01. The lowest BCUT2D eigenvalue weighted by molar-refractivity contribution is 0.0939. The second kappa shape index (κ2) is 5.96. The van der Waals surface area contributed by atoms with Crippen molar-refractivity contribution in [2.24, 2.45) is 0 Å². The van der Waals surface area contributed by atoms with Crippen LogP contribution in [0, 0.1) is 11.6 Å². The molecule has 0 saturated heterocycles. The molecule has 1 amide bonds. The summed E-state index contributed by atoms with van der Waals surface area (Å²) >= 11 is 5.63. The van der Waals surface area contributed by atoms with Crippen LogP contribution in [0.15, 0.2) is 36.5 Å². The molecule has 3 nitrogen and oxygen atoms in total. The first-order chi connectivity index (χ1) is 9.47. The molecule has 1 aromatic carbocycles. The number of hydrogen-bond acceptors (Lipinski definition) is 2. The number of aromatic nitrogens is 1. The van der Waals surface area contributed by atoms with Gasteiger partial charge in [0.25, 0.3) is 5.91 Å². The zero-order valence-electron chi connectivity index (χ0n) is 10.5. The van der Waals surface area contributed by atoms with E-state index >= 15 is 0 Å². The van der Waals surface area contributed by atoms with E-state index in [1.165, 1.54) is 24.4 Å². The number of rotatable bonds is 3. The van der Waals surface area contributed by atoms with Gasteiger partial charge in [0.05, 0.1) is 11.6 Å². The number of halogens is 3. The van der Waals surface area contributed by atoms with Gasteiger partial charge in [-0.2, -0.15) is 0 Å². The van der Waals surface area contributed by atoms with Gasteiger partial charge in [0.15, 0.2) is 0 Å². The topological polar surface area (TPSA) is 42.0 Å². The monoisotopic (exact) mass is 296 g/mol. The van der Waals surface area contributed by atoms with Crippen molar-refractivity contribution >= 4 is 17.5 Å². The lowest BCUT2D eigenvalue weighted by atomic mass is 10.1. The Bertz CT molecular complexity index is 632. The SMILES string of the molecule is C[C@@H](NC(=O)c1ccc(Cl)nc1)c1ccc(F)cc1F. The zero-order chi connectivity index (χ0) is 14.7. The quantitative estimate of drug-likeness (QED) is 0.881. The molecule has 0 spiro atoms. The smallest absolute Gasteiger partial charge is 0.253 e. The lowest BCUT2D eigenvalue weighted by Gasteiger charge is -2.15. The second-order valence-electron chi connectivity index (χ2n) is 4.23. The van der Waals surface area contributed by atoms with E-state index in [2.05, 4.69) is 10.3 Å². The van der Waals surface area contributed by atoms with E-state index in [0.29, 0.717) is 5.56 Å². The number of nitrogens with zero attached hydrogens (tertiary/aromatic N) is 1. The number of carbonyl (C=O) groups excluding carboxylic acids is 1. The minimum atomic E-state index is -0.702. The molecule has 1 N–H and O–H groups in total. The van der Waals surface area contributed by atoms with E-state index in [4.69, 9.17) is 11.6 Å². The predicted octanol–water partition coefficient (Wildman–Crippen LogP) is 3.50. The molecule has 1 atom stereocenters. The summed E-state index contributed by atoms with van der Waals surface area (Å²) in [6, 6.07) is 5.62. The van der Waals surface area contributed by atoms with Crippen molar-refractivity contribution in [3.63, 3.8) is 0 Å². The Kier molecular flexibility index (Phi) is 4.29. The first-order valence-electron chi connectivity index (χ1n) is 5.84. The highest BCUT2D eigenvalue weighted by Gasteiger charge is 2.15. The molecule has 0 aliphatic carbocycles. The van der Waals surface area contributed by atoms with Crippen LogP contribution in [0.2, 0.25) is 5.15 Å². The number of benzene rings is 1. The van der Waals surface area contributed by atoms with Gasteiger partial charge in [-0.15, -0.1) is 0 Å². The van der Waals surface area contributed by atoms with Crippen LogP contribution >= 0.6 is 11.6 Å². The van der Waals surface area contributed by atoms with Gasteiger partial charge in [0.2, 0.25) is 0 Å².